The number of hydrogen-bond donors (Lipinski definition) is 2. The minimum atomic E-state index is -0.765. The number of nitro benzene ring substituents is 1. The van der Waals surface area contributed by atoms with Gasteiger partial charge in [-0.3, -0.25) is 19.7 Å². The molecule has 2 amide bonds. The topological polar surface area (TPSA) is 115 Å². The molecule has 0 fully saturated rings. The molecule has 146 valence electrons. The van der Waals surface area contributed by atoms with E-state index in [1.165, 1.54) is 30.0 Å². The zero-order valence-corrected chi connectivity index (χ0v) is 16.1. The standard InChI is InChI=1S/C18H16FN3O4S2/c19-12-3-1-2-11-13(6-7-27-17(11)12)21-16(23)9-28-15-5-4-10(18(20)24)8-14(15)22(25)26/h1-5,8,13H,6-7,9H2,(H2,20,24)(H,21,23). The molecule has 7 nitrogen and oxygen atoms in total. The van der Waals surface area contributed by atoms with Crippen molar-refractivity contribution in [2.45, 2.75) is 22.3 Å². The van der Waals surface area contributed by atoms with Gasteiger partial charge in [0.2, 0.25) is 11.8 Å². The summed E-state index contributed by atoms with van der Waals surface area (Å²) in [6, 6.07) is 8.37. The summed E-state index contributed by atoms with van der Waals surface area (Å²) >= 11 is 2.41. The van der Waals surface area contributed by atoms with Gasteiger partial charge in [0.15, 0.2) is 0 Å². The van der Waals surface area contributed by atoms with Crippen LogP contribution in [0.5, 0.6) is 0 Å². The number of nitrogens with two attached hydrogens (primary N) is 1. The Morgan fingerprint density at radius 2 is 2.14 bits per heavy atom. The second kappa shape index (κ2) is 8.61. The predicted octanol–water partition coefficient (Wildman–Crippen LogP) is 3.28. The van der Waals surface area contributed by atoms with Crippen molar-refractivity contribution in [3.63, 3.8) is 0 Å². The van der Waals surface area contributed by atoms with Gasteiger partial charge in [0, 0.05) is 22.3 Å². The number of carbonyl (C=O) groups excluding carboxylic acids is 2. The van der Waals surface area contributed by atoms with Gasteiger partial charge >= 0.3 is 0 Å². The lowest BCUT2D eigenvalue weighted by Gasteiger charge is -2.26. The van der Waals surface area contributed by atoms with Gasteiger partial charge in [-0.15, -0.1) is 23.5 Å². The van der Waals surface area contributed by atoms with Crippen molar-refractivity contribution in [1.82, 2.24) is 5.32 Å². The monoisotopic (exact) mass is 421 g/mol. The lowest BCUT2D eigenvalue weighted by molar-refractivity contribution is -0.387. The predicted molar refractivity (Wildman–Crippen MR) is 105 cm³/mol. The Morgan fingerprint density at radius 1 is 1.36 bits per heavy atom. The van der Waals surface area contributed by atoms with Gasteiger partial charge in [0.05, 0.1) is 21.6 Å². The Balaban J connectivity index is 1.68. The highest BCUT2D eigenvalue weighted by molar-refractivity contribution is 8.00. The number of hydrogen-bond acceptors (Lipinski definition) is 6. The minimum absolute atomic E-state index is 0.0267. The van der Waals surface area contributed by atoms with Crippen LogP contribution in [-0.4, -0.2) is 28.2 Å². The molecule has 10 heteroatoms. The Hall–Kier alpha value is -2.59. The van der Waals surface area contributed by atoms with E-state index in [0.29, 0.717) is 17.1 Å². The zero-order chi connectivity index (χ0) is 20.3. The van der Waals surface area contributed by atoms with Crippen LogP contribution in [0.25, 0.3) is 0 Å². The third-order valence-electron chi connectivity index (χ3n) is 4.16. The second-order valence-electron chi connectivity index (χ2n) is 6.01. The van der Waals surface area contributed by atoms with Crippen molar-refractivity contribution >= 4 is 41.0 Å². The van der Waals surface area contributed by atoms with Crippen LogP contribution < -0.4 is 11.1 Å². The number of nitro groups is 1. The van der Waals surface area contributed by atoms with E-state index >= 15 is 0 Å². The molecule has 1 aliphatic heterocycles. The van der Waals surface area contributed by atoms with E-state index in [9.17, 15) is 24.1 Å². The Labute approximate surface area is 168 Å². The fourth-order valence-electron chi connectivity index (χ4n) is 2.85. The van der Waals surface area contributed by atoms with Gasteiger partial charge in [-0.25, -0.2) is 4.39 Å². The molecule has 1 unspecified atom stereocenters. The number of primary amides is 1. The van der Waals surface area contributed by atoms with Crippen molar-refractivity contribution in [2.24, 2.45) is 5.73 Å². The van der Waals surface area contributed by atoms with Crippen molar-refractivity contribution < 1.29 is 18.9 Å². The number of halogens is 1. The van der Waals surface area contributed by atoms with Crippen molar-refractivity contribution in [3.05, 3.63) is 63.5 Å². The number of rotatable bonds is 6. The van der Waals surface area contributed by atoms with E-state index in [0.717, 1.165) is 23.4 Å². The SMILES string of the molecule is NC(=O)c1ccc(SCC(=O)NC2CCSc3c(F)cccc32)c([N+](=O)[O-])c1. The van der Waals surface area contributed by atoms with E-state index in [-0.39, 0.29) is 39.7 Å². The number of nitrogens with one attached hydrogen (secondary N) is 1. The highest BCUT2D eigenvalue weighted by Gasteiger charge is 2.25. The summed E-state index contributed by atoms with van der Waals surface area (Å²) in [5, 5.41) is 14.1. The quantitative estimate of drug-likeness (QED) is 0.420. The first-order valence-electron chi connectivity index (χ1n) is 8.28. The van der Waals surface area contributed by atoms with Crippen LogP contribution in [0, 0.1) is 15.9 Å². The van der Waals surface area contributed by atoms with Crippen LogP contribution >= 0.6 is 23.5 Å². The normalized spacial score (nSPS) is 15.5. The fraction of sp³-hybridized carbons (Fsp3) is 0.222. The van der Waals surface area contributed by atoms with Crippen LogP contribution in [0.2, 0.25) is 0 Å². The van der Waals surface area contributed by atoms with Crippen LogP contribution in [0.1, 0.15) is 28.4 Å². The number of carbonyl (C=O) groups is 2. The highest BCUT2D eigenvalue weighted by Crippen LogP contribution is 2.38. The van der Waals surface area contributed by atoms with Gasteiger partial charge in [-0.1, -0.05) is 12.1 Å². The van der Waals surface area contributed by atoms with E-state index < -0.39 is 10.8 Å². The smallest absolute Gasteiger partial charge is 0.283 e. The van der Waals surface area contributed by atoms with Crippen LogP contribution in [0.15, 0.2) is 46.2 Å². The lowest BCUT2D eigenvalue weighted by Crippen LogP contribution is -2.32. The Bertz CT molecular complexity index is 954. The third kappa shape index (κ3) is 4.45. The number of fused-ring (bicyclic) bond motifs is 1. The third-order valence-corrected chi connectivity index (χ3v) is 6.38. The largest absolute Gasteiger partial charge is 0.366 e. The molecule has 3 rings (SSSR count). The molecule has 0 aromatic heterocycles. The van der Waals surface area contributed by atoms with Gasteiger partial charge in [-0.05, 0) is 30.2 Å². The van der Waals surface area contributed by atoms with E-state index in [2.05, 4.69) is 5.32 Å². The first-order valence-corrected chi connectivity index (χ1v) is 10.3. The van der Waals surface area contributed by atoms with Gasteiger partial charge in [0.25, 0.3) is 5.69 Å². The molecule has 0 aliphatic carbocycles. The molecule has 0 bridgehead atoms. The average molecular weight is 421 g/mol. The Morgan fingerprint density at radius 3 is 2.86 bits per heavy atom. The van der Waals surface area contributed by atoms with Crippen molar-refractivity contribution in [2.75, 3.05) is 11.5 Å². The lowest BCUT2D eigenvalue weighted by atomic mass is 10.0. The number of amides is 2. The molecular weight excluding hydrogens is 405 g/mol. The van der Waals surface area contributed by atoms with Crippen LogP contribution in [-0.2, 0) is 4.79 Å². The first kappa shape index (κ1) is 20.2. The van der Waals surface area contributed by atoms with E-state index in [1.54, 1.807) is 12.1 Å². The maximum atomic E-state index is 13.9. The number of benzene rings is 2. The molecular formula is C18H16FN3O4S2. The maximum Gasteiger partial charge on any atom is 0.283 e. The number of nitrogens with zero attached hydrogens (tertiary/aromatic N) is 1. The molecule has 1 heterocycles. The first-order chi connectivity index (χ1) is 13.4. The summed E-state index contributed by atoms with van der Waals surface area (Å²) in [5.41, 5.74) is 5.63. The summed E-state index contributed by atoms with van der Waals surface area (Å²) < 4.78 is 13.9. The van der Waals surface area contributed by atoms with Gasteiger partial charge in [0.1, 0.15) is 5.82 Å². The molecule has 28 heavy (non-hydrogen) atoms. The van der Waals surface area contributed by atoms with Crippen LogP contribution in [0.4, 0.5) is 10.1 Å². The number of thioether (sulfide) groups is 2. The molecule has 0 spiro atoms. The summed E-state index contributed by atoms with van der Waals surface area (Å²) in [6.07, 6.45) is 0.672. The van der Waals surface area contributed by atoms with Gasteiger partial charge in [-0.2, -0.15) is 0 Å². The Kier molecular flexibility index (Phi) is 6.20. The molecule has 0 saturated carbocycles. The molecule has 1 aliphatic rings. The second-order valence-corrected chi connectivity index (χ2v) is 8.13. The molecule has 2 aromatic carbocycles. The van der Waals surface area contributed by atoms with E-state index in [4.69, 9.17) is 5.73 Å². The zero-order valence-electron chi connectivity index (χ0n) is 14.5. The van der Waals surface area contributed by atoms with Gasteiger partial charge < -0.3 is 11.1 Å². The summed E-state index contributed by atoms with van der Waals surface area (Å²) in [5.74, 6) is -0.748. The minimum Gasteiger partial charge on any atom is -0.366 e. The summed E-state index contributed by atoms with van der Waals surface area (Å²) in [6.45, 7) is 0. The van der Waals surface area contributed by atoms with E-state index in [1.807, 2.05) is 0 Å². The average Bonchev–Trinajstić information content (AvgIpc) is 2.67. The van der Waals surface area contributed by atoms with Crippen LogP contribution in [0.3, 0.4) is 0 Å². The molecule has 2 aromatic rings. The fourth-order valence-corrected chi connectivity index (χ4v) is 4.81. The molecule has 0 saturated heterocycles. The highest BCUT2D eigenvalue weighted by atomic mass is 32.2. The summed E-state index contributed by atoms with van der Waals surface area (Å²) in [7, 11) is 0. The molecule has 0 radical (unpaired) electrons. The molecule has 1 atom stereocenters. The molecule has 3 N–H and O–H groups in total. The van der Waals surface area contributed by atoms with Crippen molar-refractivity contribution in [3.8, 4) is 0 Å². The maximum absolute atomic E-state index is 13.9. The summed E-state index contributed by atoms with van der Waals surface area (Å²) in [4.78, 5) is 35.0. The van der Waals surface area contributed by atoms with Crippen molar-refractivity contribution in [1.29, 1.82) is 0 Å².